The van der Waals surface area contributed by atoms with Crippen LogP contribution >= 0.6 is 11.3 Å². The topological polar surface area (TPSA) is 64.9 Å². The largest absolute Gasteiger partial charge is 0.399 e. The van der Waals surface area contributed by atoms with Crippen molar-refractivity contribution in [3.05, 3.63) is 35.9 Å². The maximum atomic E-state index is 5.91. The summed E-state index contributed by atoms with van der Waals surface area (Å²) in [6.45, 7) is 2.02. The fourth-order valence-corrected chi connectivity index (χ4v) is 2.98. The Bertz CT molecular complexity index is 737. The molecule has 0 radical (unpaired) electrons. The van der Waals surface area contributed by atoms with E-state index in [1.54, 1.807) is 11.3 Å². The lowest BCUT2D eigenvalue weighted by Crippen LogP contribution is -1.91. The molecule has 0 aliphatic rings. The number of hydrogen-bond acceptors (Lipinski definition) is 3. The van der Waals surface area contributed by atoms with E-state index in [2.05, 4.69) is 4.98 Å². The van der Waals surface area contributed by atoms with Crippen LogP contribution in [0.2, 0.25) is 0 Å². The third-order valence-corrected chi connectivity index (χ3v) is 4.13. The average molecular weight is 242 g/mol. The maximum absolute atomic E-state index is 5.91. The lowest BCUT2D eigenvalue weighted by Gasteiger charge is -1.99. The Balaban J connectivity index is 2.48. The number of nitrogen functional groups attached to an aromatic ring is 2. The molecule has 3 nitrogen and oxygen atoms in total. The predicted octanol–water partition coefficient (Wildman–Crippen LogP) is 3.20. The molecule has 0 bridgehead atoms. The summed E-state index contributed by atoms with van der Waals surface area (Å²) in [6.07, 6.45) is 0. The molecule has 4 heteroatoms. The quantitative estimate of drug-likeness (QED) is 0.361. The highest BCUT2D eigenvalue weighted by molar-refractivity contribution is 7.24. The molecule has 17 heavy (non-hydrogen) atoms. The zero-order valence-corrected chi connectivity index (χ0v) is 10.2. The van der Waals surface area contributed by atoms with Crippen LogP contribution in [0.5, 0.6) is 0 Å². The van der Waals surface area contributed by atoms with Gasteiger partial charge in [0.1, 0.15) is 11.0 Å². The molecule has 0 fully saturated rings. The van der Waals surface area contributed by atoms with E-state index >= 15 is 0 Å². The van der Waals surface area contributed by atoms with Gasteiger partial charge in [-0.1, -0.05) is 0 Å². The minimum absolute atomic E-state index is 0.761. The Kier molecular flexibility index (Phi) is 2.12. The van der Waals surface area contributed by atoms with Gasteiger partial charge in [0.15, 0.2) is 0 Å². The molecular weight excluding hydrogens is 230 g/mol. The third kappa shape index (κ3) is 1.57. The first-order valence-electron chi connectivity index (χ1n) is 5.33. The lowest BCUT2D eigenvalue weighted by atomic mass is 10.2. The van der Waals surface area contributed by atoms with E-state index in [-0.39, 0.29) is 0 Å². The van der Waals surface area contributed by atoms with Crippen molar-refractivity contribution < 1.29 is 0 Å². The van der Waals surface area contributed by atoms with Gasteiger partial charge in [-0.15, -0.1) is 0 Å². The first kappa shape index (κ1) is 10.2. The van der Waals surface area contributed by atoms with E-state index in [4.69, 9.17) is 11.5 Å². The summed E-state index contributed by atoms with van der Waals surface area (Å²) < 4.78 is 2.22. The van der Waals surface area contributed by atoms with Gasteiger partial charge in [-0.2, -0.15) is 0 Å². The van der Waals surface area contributed by atoms with Crippen molar-refractivity contribution >= 4 is 43.1 Å². The Morgan fingerprint density at radius 3 is 2.65 bits per heavy atom. The van der Waals surface area contributed by atoms with E-state index in [0.29, 0.717) is 0 Å². The zero-order valence-electron chi connectivity index (χ0n) is 9.40. The van der Waals surface area contributed by atoms with Crippen LogP contribution in [0, 0.1) is 6.92 Å². The number of hydrogen-bond donors (Lipinski definition) is 2. The molecule has 0 saturated carbocycles. The van der Waals surface area contributed by atoms with Crippen molar-refractivity contribution in [1.82, 2.24) is 4.98 Å². The van der Waals surface area contributed by atoms with Crippen LogP contribution in [0.1, 0.15) is 5.56 Å². The normalized spacial score (nSPS) is 11.1. The van der Waals surface area contributed by atoms with E-state index in [0.717, 1.165) is 37.4 Å². The molecule has 4 N–H and O–H groups in total. The lowest BCUT2D eigenvalue weighted by molar-refractivity contribution is 1.48. The Morgan fingerprint density at radius 1 is 1.06 bits per heavy atom. The third-order valence-electron chi connectivity index (χ3n) is 2.86. The summed E-state index contributed by atoms with van der Waals surface area (Å²) in [5.74, 6) is 0. The van der Waals surface area contributed by atoms with Gasteiger partial charge in [-0.3, -0.25) is 0 Å². The fourth-order valence-electron chi connectivity index (χ4n) is 1.85. The first-order chi connectivity index (χ1) is 8.15. The monoisotopic (exact) mass is 242 g/mol. The molecule has 0 unspecified atom stereocenters. The number of benzene rings is 2. The van der Waals surface area contributed by atoms with Crippen molar-refractivity contribution in [2.45, 2.75) is 6.92 Å². The van der Waals surface area contributed by atoms with Crippen molar-refractivity contribution in [3.63, 3.8) is 0 Å². The van der Waals surface area contributed by atoms with Gasteiger partial charge in [0.05, 0.1) is 0 Å². The number of fused-ring (bicyclic) bond motifs is 2. The van der Waals surface area contributed by atoms with Gasteiger partial charge < -0.3 is 11.5 Å². The Morgan fingerprint density at radius 2 is 1.82 bits per heavy atom. The highest BCUT2D eigenvalue weighted by Crippen LogP contribution is 2.31. The molecule has 0 saturated heterocycles. The SMILES string of the molecule is Cc1c(N)ccc2nc3ccc(N)cc3[s+]c12. The zero-order chi connectivity index (χ0) is 12.0. The highest BCUT2D eigenvalue weighted by atomic mass is 32.1. The van der Waals surface area contributed by atoms with Crippen molar-refractivity contribution in [1.29, 1.82) is 0 Å². The summed E-state index contributed by atoms with van der Waals surface area (Å²) in [6, 6.07) is 9.64. The Hall–Kier alpha value is -1.94. The summed E-state index contributed by atoms with van der Waals surface area (Å²) in [7, 11) is 0. The standard InChI is InChI=1S/C13H12N3S/c1-7-9(15)3-5-11-13(7)17-12-6-8(14)2-4-10(12)16-11/h2-6H,14-15H2,1H3/q+1. The van der Waals surface area contributed by atoms with Gasteiger partial charge in [-0.25, -0.2) is 4.98 Å². The minimum atomic E-state index is 0.761. The predicted molar refractivity (Wildman–Crippen MR) is 75.1 cm³/mol. The number of anilines is 2. The molecule has 84 valence electrons. The van der Waals surface area contributed by atoms with Crippen LogP contribution in [0.4, 0.5) is 11.4 Å². The summed E-state index contributed by atoms with van der Waals surface area (Å²) in [4.78, 5) is 4.62. The first-order valence-corrected chi connectivity index (χ1v) is 6.15. The molecule has 0 spiro atoms. The summed E-state index contributed by atoms with van der Waals surface area (Å²) in [5.41, 5.74) is 16.3. The molecule has 2 aromatic carbocycles. The van der Waals surface area contributed by atoms with Gasteiger partial charge >= 0.3 is 0 Å². The smallest absolute Gasteiger partial charge is 0.262 e. The van der Waals surface area contributed by atoms with Gasteiger partial charge in [0.2, 0.25) is 11.3 Å². The van der Waals surface area contributed by atoms with Crippen LogP contribution < -0.4 is 11.5 Å². The highest BCUT2D eigenvalue weighted by Gasteiger charge is 2.16. The molecule has 3 aromatic rings. The molecule has 0 aliphatic heterocycles. The van der Waals surface area contributed by atoms with Crippen LogP contribution in [0.25, 0.3) is 20.4 Å². The molecule has 3 rings (SSSR count). The number of nitrogens with two attached hydrogens (primary N) is 2. The summed E-state index contributed by atoms with van der Waals surface area (Å²) >= 11 is 1.68. The van der Waals surface area contributed by atoms with Crippen molar-refractivity contribution in [2.24, 2.45) is 0 Å². The van der Waals surface area contributed by atoms with Gasteiger partial charge in [0.25, 0.3) is 9.40 Å². The molecule has 0 atom stereocenters. The average Bonchev–Trinajstić information content (AvgIpc) is 2.32. The summed E-state index contributed by atoms with van der Waals surface area (Å²) in [5, 5.41) is 0. The fraction of sp³-hybridized carbons (Fsp3) is 0.0769. The second-order valence-corrected chi connectivity index (χ2v) is 5.12. The van der Waals surface area contributed by atoms with E-state index < -0.39 is 0 Å². The second kappa shape index (κ2) is 3.53. The molecule has 0 aliphatic carbocycles. The van der Waals surface area contributed by atoms with E-state index in [1.165, 1.54) is 0 Å². The van der Waals surface area contributed by atoms with E-state index in [9.17, 15) is 0 Å². The van der Waals surface area contributed by atoms with Crippen LogP contribution in [0.15, 0.2) is 30.3 Å². The molecule has 1 heterocycles. The number of rotatable bonds is 0. The van der Waals surface area contributed by atoms with Crippen LogP contribution in [-0.4, -0.2) is 4.98 Å². The van der Waals surface area contributed by atoms with Crippen LogP contribution in [-0.2, 0) is 0 Å². The van der Waals surface area contributed by atoms with Gasteiger partial charge in [0, 0.05) is 23.0 Å². The number of aromatic nitrogens is 1. The molecule has 1 aromatic heterocycles. The molecular formula is C13H12N3S+. The van der Waals surface area contributed by atoms with Crippen molar-refractivity contribution in [2.75, 3.05) is 11.5 Å². The van der Waals surface area contributed by atoms with Crippen molar-refractivity contribution in [3.8, 4) is 0 Å². The Labute approximate surface area is 103 Å². The van der Waals surface area contributed by atoms with Gasteiger partial charge in [-0.05, 0) is 31.2 Å². The molecule has 0 amide bonds. The number of aryl methyl sites for hydroxylation is 1. The number of nitrogens with zero attached hydrogens (tertiary/aromatic N) is 1. The second-order valence-electron chi connectivity index (χ2n) is 4.07. The minimum Gasteiger partial charge on any atom is -0.399 e. The van der Waals surface area contributed by atoms with Crippen LogP contribution in [0.3, 0.4) is 0 Å². The van der Waals surface area contributed by atoms with E-state index in [1.807, 2.05) is 37.3 Å². The maximum Gasteiger partial charge on any atom is 0.262 e.